The number of methoxy groups -OCH3 is 1. The van der Waals surface area contributed by atoms with Gasteiger partial charge in [0.2, 0.25) is 0 Å². The normalized spacial score (nSPS) is 32.4. The molecule has 26 heavy (non-hydrogen) atoms. The minimum Gasteiger partial charge on any atom is -0.497 e. The zero-order valence-electron chi connectivity index (χ0n) is 14.4. The van der Waals surface area contributed by atoms with Crippen molar-refractivity contribution < 1.29 is 34.7 Å². The fourth-order valence-electron chi connectivity index (χ4n) is 3.24. The van der Waals surface area contributed by atoms with Crippen molar-refractivity contribution in [3.8, 4) is 5.75 Å². The first-order valence-electron chi connectivity index (χ1n) is 8.48. The van der Waals surface area contributed by atoms with Crippen molar-refractivity contribution >= 4 is 11.6 Å². The van der Waals surface area contributed by atoms with Crippen molar-refractivity contribution in [3.05, 3.63) is 24.3 Å². The second kappa shape index (κ2) is 7.77. The van der Waals surface area contributed by atoms with E-state index in [0.29, 0.717) is 26.2 Å². The van der Waals surface area contributed by atoms with Crippen molar-refractivity contribution in [1.29, 1.82) is 0 Å². The maximum Gasteiger partial charge on any atom is 0.254 e. The third-order valence-corrected chi connectivity index (χ3v) is 4.84. The molecule has 0 saturated carbocycles. The molecule has 0 radical (unpaired) electrons. The molecule has 2 saturated heterocycles. The van der Waals surface area contributed by atoms with E-state index in [9.17, 15) is 25.2 Å². The topological polar surface area (TPSA) is 123 Å². The lowest BCUT2D eigenvalue weighted by atomic mass is 9.98. The number of benzene rings is 1. The number of piperazine rings is 1. The van der Waals surface area contributed by atoms with E-state index in [1.54, 1.807) is 7.11 Å². The highest BCUT2D eigenvalue weighted by Crippen LogP contribution is 2.24. The molecule has 1 amide bonds. The molecule has 1 aromatic rings. The largest absolute Gasteiger partial charge is 0.497 e. The zero-order valence-corrected chi connectivity index (χ0v) is 14.4. The van der Waals surface area contributed by atoms with Gasteiger partial charge in [-0.1, -0.05) is 6.07 Å². The van der Waals surface area contributed by atoms with Crippen molar-refractivity contribution in [3.63, 3.8) is 0 Å². The Labute approximate surface area is 151 Å². The number of ether oxygens (including phenoxy) is 2. The van der Waals surface area contributed by atoms with Gasteiger partial charge in [0, 0.05) is 37.9 Å². The molecular weight excluding hydrogens is 344 g/mol. The highest BCUT2D eigenvalue weighted by molar-refractivity contribution is 5.82. The third kappa shape index (κ3) is 3.62. The first-order valence-corrected chi connectivity index (χ1v) is 8.48. The Balaban J connectivity index is 1.61. The molecule has 2 aliphatic heterocycles. The van der Waals surface area contributed by atoms with Gasteiger partial charge in [0.05, 0.1) is 7.11 Å². The number of anilines is 1. The minimum atomic E-state index is -1.72. The number of carbonyl (C=O) groups excluding carboxylic acids is 1. The molecule has 2 aliphatic rings. The lowest BCUT2D eigenvalue weighted by Crippen LogP contribution is -2.63. The fourth-order valence-corrected chi connectivity index (χ4v) is 3.24. The molecule has 1 aromatic carbocycles. The monoisotopic (exact) mass is 368 g/mol. The predicted molar refractivity (Wildman–Crippen MR) is 90.7 cm³/mol. The van der Waals surface area contributed by atoms with Crippen LogP contribution in [0.3, 0.4) is 0 Å². The lowest BCUT2D eigenvalue weighted by molar-refractivity contribution is -0.278. The van der Waals surface area contributed by atoms with E-state index in [2.05, 4.69) is 4.90 Å². The van der Waals surface area contributed by atoms with Crippen LogP contribution >= 0.6 is 0 Å². The van der Waals surface area contributed by atoms with Crippen LogP contribution in [0.5, 0.6) is 5.75 Å². The van der Waals surface area contributed by atoms with Gasteiger partial charge in [0.15, 0.2) is 12.4 Å². The molecule has 144 valence electrons. The number of aliphatic hydroxyl groups is 4. The van der Waals surface area contributed by atoms with E-state index in [0.717, 1.165) is 11.4 Å². The number of carbonyl (C=O) groups is 1. The summed E-state index contributed by atoms with van der Waals surface area (Å²) in [6.45, 7) is 1.96. The fraction of sp³-hybridized carbons (Fsp3) is 0.588. The first-order chi connectivity index (χ1) is 12.4. The molecule has 4 N–H and O–H groups in total. The average Bonchev–Trinajstić information content (AvgIpc) is 2.68. The van der Waals surface area contributed by atoms with Gasteiger partial charge in [-0.05, 0) is 12.1 Å². The molecule has 0 aliphatic carbocycles. The van der Waals surface area contributed by atoms with Crippen LogP contribution in [0.15, 0.2) is 24.3 Å². The third-order valence-electron chi connectivity index (χ3n) is 4.84. The SMILES string of the molecule is COc1cccc(N2CCN(C(=O)[C@H]3OC(O)[C@H](O)[C@@H](O)[C@@H]3O)CC2)c1. The van der Waals surface area contributed by atoms with Crippen LogP contribution in [0, 0.1) is 0 Å². The van der Waals surface area contributed by atoms with E-state index in [1.807, 2.05) is 24.3 Å². The number of rotatable bonds is 3. The molecule has 2 fully saturated rings. The smallest absolute Gasteiger partial charge is 0.254 e. The molecule has 5 atom stereocenters. The average molecular weight is 368 g/mol. The summed E-state index contributed by atoms with van der Waals surface area (Å²) < 4.78 is 10.2. The molecule has 0 aromatic heterocycles. The summed E-state index contributed by atoms with van der Waals surface area (Å²) >= 11 is 0. The maximum absolute atomic E-state index is 12.6. The van der Waals surface area contributed by atoms with Gasteiger partial charge in [-0.3, -0.25) is 4.79 Å². The Bertz CT molecular complexity index is 635. The second-order valence-corrected chi connectivity index (χ2v) is 6.43. The molecule has 9 nitrogen and oxygen atoms in total. The number of aliphatic hydroxyl groups excluding tert-OH is 4. The minimum absolute atomic E-state index is 0.400. The van der Waals surface area contributed by atoms with Crippen LogP contribution in [-0.4, -0.2) is 95.2 Å². The summed E-state index contributed by atoms with van der Waals surface area (Å²) in [5.74, 6) is 0.231. The summed E-state index contributed by atoms with van der Waals surface area (Å²) in [5, 5.41) is 38.8. The van der Waals surface area contributed by atoms with Crippen molar-refractivity contribution in [1.82, 2.24) is 4.90 Å². The van der Waals surface area contributed by atoms with Gasteiger partial charge in [-0.15, -0.1) is 0 Å². The molecule has 0 bridgehead atoms. The summed E-state index contributed by atoms with van der Waals surface area (Å²) in [5.41, 5.74) is 0.986. The molecule has 2 heterocycles. The Morgan fingerprint density at radius 2 is 1.77 bits per heavy atom. The van der Waals surface area contributed by atoms with E-state index < -0.39 is 36.6 Å². The Morgan fingerprint density at radius 3 is 2.42 bits per heavy atom. The number of amides is 1. The van der Waals surface area contributed by atoms with Crippen LogP contribution in [0.4, 0.5) is 5.69 Å². The van der Waals surface area contributed by atoms with E-state index in [-0.39, 0.29) is 0 Å². The summed E-state index contributed by atoms with van der Waals surface area (Å²) in [6, 6.07) is 7.63. The van der Waals surface area contributed by atoms with Gasteiger partial charge in [-0.2, -0.15) is 0 Å². The van der Waals surface area contributed by atoms with Gasteiger partial charge in [-0.25, -0.2) is 0 Å². The quantitative estimate of drug-likeness (QED) is 0.490. The van der Waals surface area contributed by atoms with Crippen LogP contribution in [0.2, 0.25) is 0 Å². The van der Waals surface area contributed by atoms with E-state index in [4.69, 9.17) is 9.47 Å². The summed E-state index contributed by atoms with van der Waals surface area (Å²) in [4.78, 5) is 16.2. The summed E-state index contributed by atoms with van der Waals surface area (Å²) in [7, 11) is 1.60. The molecule has 9 heteroatoms. The van der Waals surface area contributed by atoms with Crippen LogP contribution in [-0.2, 0) is 9.53 Å². The predicted octanol–water partition coefficient (Wildman–Crippen LogP) is -1.86. The van der Waals surface area contributed by atoms with Gasteiger partial charge in [0.1, 0.15) is 24.1 Å². The summed E-state index contributed by atoms with van der Waals surface area (Å²) in [6.07, 6.45) is -8.03. The van der Waals surface area contributed by atoms with Gasteiger partial charge < -0.3 is 39.7 Å². The van der Waals surface area contributed by atoms with E-state index >= 15 is 0 Å². The molecule has 3 rings (SSSR count). The second-order valence-electron chi connectivity index (χ2n) is 6.43. The van der Waals surface area contributed by atoms with Crippen molar-refractivity contribution in [2.45, 2.75) is 30.7 Å². The molecule has 0 spiro atoms. The highest BCUT2D eigenvalue weighted by Gasteiger charge is 2.47. The maximum atomic E-state index is 12.6. The lowest BCUT2D eigenvalue weighted by Gasteiger charge is -2.42. The van der Waals surface area contributed by atoms with Crippen molar-refractivity contribution in [2.75, 3.05) is 38.2 Å². The highest BCUT2D eigenvalue weighted by atomic mass is 16.6. The van der Waals surface area contributed by atoms with Crippen molar-refractivity contribution in [2.24, 2.45) is 0 Å². The number of hydrogen-bond donors (Lipinski definition) is 4. The molecule has 1 unspecified atom stereocenters. The van der Waals surface area contributed by atoms with E-state index in [1.165, 1.54) is 4.90 Å². The standard InChI is InChI=1S/C17H24N2O7/c1-25-11-4-2-3-10(9-11)18-5-7-19(8-6-18)16(23)15-13(21)12(20)14(22)17(24)26-15/h2-4,9,12-15,17,20-22,24H,5-8H2,1H3/t12-,13-,14+,15-,17?/m0/s1. The van der Waals surface area contributed by atoms with Gasteiger partial charge >= 0.3 is 0 Å². The van der Waals surface area contributed by atoms with Crippen LogP contribution in [0.1, 0.15) is 0 Å². The first kappa shape index (κ1) is 18.9. The Kier molecular flexibility index (Phi) is 5.64. The van der Waals surface area contributed by atoms with Crippen LogP contribution in [0.25, 0.3) is 0 Å². The number of hydrogen-bond acceptors (Lipinski definition) is 8. The number of nitrogens with zero attached hydrogens (tertiary/aromatic N) is 2. The molecular formula is C17H24N2O7. The zero-order chi connectivity index (χ0) is 18.8. The Hall–Kier alpha value is -1.91. The Morgan fingerprint density at radius 1 is 1.08 bits per heavy atom. The van der Waals surface area contributed by atoms with Crippen LogP contribution < -0.4 is 9.64 Å². The van der Waals surface area contributed by atoms with Gasteiger partial charge in [0.25, 0.3) is 5.91 Å².